The fraction of sp³-hybridized carbons (Fsp3) is 0.500. The number of aliphatic imine (C=N–C) groups is 1. The van der Waals surface area contributed by atoms with Gasteiger partial charge in [0.05, 0.1) is 18.4 Å². The molecule has 0 radical (unpaired) electrons. The van der Waals surface area contributed by atoms with Gasteiger partial charge in [-0.05, 0) is 52.7 Å². The minimum absolute atomic E-state index is 0.0572. The molecule has 1 aromatic carbocycles. The summed E-state index contributed by atoms with van der Waals surface area (Å²) in [6.45, 7) is 11.4. The molecule has 1 aromatic rings. The molecule has 0 spiro atoms. The fourth-order valence-electron chi connectivity index (χ4n) is 2.85. The lowest BCUT2D eigenvalue weighted by atomic mass is 10.0. The largest absolute Gasteiger partial charge is 0.459 e. The first-order valence-corrected chi connectivity index (χ1v) is 8.05. The number of carbonyl (C=O) groups is 2. The Labute approximate surface area is 149 Å². The van der Waals surface area contributed by atoms with Gasteiger partial charge in [-0.3, -0.25) is 4.79 Å². The maximum atomic E-state index is 12.7. The molecule has 0 bridgehead atoms. The first-order chi connectivity index (χ1) is 11.5. The molecule has 0 unspecified atom stereocenters. The highest BCUT2D eigenvalue weighted by molar-refractivity contribution is 5.84. The van der Waals surface area contributed by atoms with Crippen LogP contribution >= 0.6 is 0 Å². The van der Waals surface area contributed by atoms with Crippen LogP contribution in [0.3, 0.4) is 0 Å². The van der Waals surface area contributed by atoms with Crippen molar-refractivity contribution in [1.82, 2.24) is 5.06 Å². The molecule has 25 heavy (non-hydrogen) atoms. The number of hydrogen-bond donors (Lipinski definition) is 1. The highest BCUT2D eigenvalue weighted by Crippen LogP contribution is 2.26. The Morgan fingerprint density at radius 2 is 1.72 bits per heavy atom. The maximum Gasteiger partial charge on any atom is 0.459 e. The van der Waals surface area contributed by atoms with Gasteiger partial charge in [0.15, 0.2) is 0 Å². The molecule has 0 aliphatic rings. The summed E-state index contributed by atoms with van der Waals surface area (Å²) in [4.78, 5) is 34.6. The van der Waals surface area contributed by atoms with Gasteiger partial charge in [-0.2, -0.15) is 10.1 Å². The molecule has 0 aliphatic heterocycles. The average Bonchev–Trinajstić information content (AvgIpc) is 2.42. The summed E-state index contributed by atoms with van der Waals surface area (Å²) in [6.07, 6.45) is -0.102. The number of rotatable bonds is 3. The summed E-state index contributed by atoms with van der Waals surface area (Å²) in [5.74, 6) is -0.352. The van der Waals surface area contributed by atoms with E-state index in [0.29, 0.717) is 0 Å². The van der Waals surface area contributed by atoms with Crippen LogP contribution in [0.4, 0.5) is 10.5 Å². The molecular formula is C18H28N4O3. The van der Waals surface area contributed by atoms with Crippen LogP contribution in [0.15, 0.2) is 17.1 Å². The molecule has 0 saturated heterocycles. The van der Waals surface area contributed by atoms with Gasteiger partial charge in [0.1, 0.15) is 0 Å². The predicted molar refractivity (Wildman–Crippen MR) is 99.7 cm³/mol. The van der Waals surface area contributed by atoms with Crippen molar-refractivity contribution in [3.63, 3.8) is 0 Å². The molecule has 7 nitrogen and oxygen atoms in total. The monoisotopic (exact) mass is 348 g/mol. The molecule has 138 valence electrons. The quantitative estimate of drug-likeness (QED) is 0.515. The first kappa shape index (κ1) is 20.5. The third kappa shape index (κ3) is 5.48. The summed E-state index contributed by atoms with van der Waals surface area (Å²) in [5.41, 5.74) is 8.70. The number of nitrogens with two attached hydrogens (primary N) is 1. The van der Waals surface area contributed by atoms with Gasteiger partial charge < -0.3 is 15.5 Å². The zero-order valence-electron chi connectivity index (χ0n) is 16.1. The van der Waals surface area contributed by atoms with Crippen LogP contribution in [0.2, 0.25) is 0 Å². The van der Waals surface area contributed by atoms with Crippen LogP contribution in [0, 0.1) is 20.8 Å². The van der Waals surface area contributed by atoms with E-state index < -0.39 is 11.6 Å². The molecular weight excluding hydrogens is 320 g/mol. The molecule has 0 heterocycles. The third-order valence-electron chi connectivity index (χ3n) is 3.57. The second-order valence-electron chi connectivity index (χ2n) is 7.10. The molecule has 0 aromatic heterocycles. The normalized spacial score (nSPS) is 11.5. The standard InChI is InChI=1S/C18H28N4O3/c1-12-8-13(2)16(14(3)9-12)21(7)10-15(23)22(18(4,5)6)25-17(24)20-11-19/h8-9,11H,10H2,1-7H3,(H2,19,20,24). The predicted octanol–water partition coefficient (Wildman–Crippen LogP) is 2.71. The van der Waals surface area contributed by atoms with Gasteiger partial charge in [-0.25, -0.2) is 4.79 Å². The van der Waals surface area contributed by atoms with Crippen LogP contribution < -0.4 is 10.6 Å². The van der Waals surface area contributed by atoms with Crippen molar-refractivity contribution < 1.29 is 14.4 Å². The van der Waals surface area contributed by atoms with Gasteiger partial charge in [0, 0.05) is 12.7 Å². The van der Waals surface area contributed by atoms with E-state index in [9.17, 15) is 9.59 Å². The highest BCUT2D eigenvalue weighted by atomic mass is 16.7. The topological polar surface area (TPSA) is 88.2 Å². The summed E-state index contributed by atoms with van der Waals surface area (Å²) < 4.78 is 0. The van der Waals surface area contributed by atoms with Gasteiger partial charge in [0.2, 0.25) is 0 Å². The summed E-state index contributed by atoms with van der Waals surface area (Å²) >= 11 is 0. The molecule has 2 N–H and O–H groups in total. The molecule has 2 amide bonds. The van der Waals surface area contributed by atoms with Crippen molar-refractivity contribution in [2.24, 2.45) is 10.7 Å². The Balaban J connectivity index is 3.02. The molecule has 0 fully saturated rings. The molecule has 1 rings (SSSR count). The number of anilines is 1. The summed E-state index contributed by atoms with van der Waals surface area (Å²) in [7, 11) is 1.84. The van der Waals surface area contributed by atoms with E-state index in [1.54, 1.807) is 20.8 Å². The maximum absolute atomic E-state index is 12.7. The summed E-state index contributed by atoms with van der Waals surface area (Å²) in [6, 6.07) is 4.14. The van der Waals surface area contributed by atoms with Crippen LogP contribution in [0.1, 0.15) is 37.5 Å². The number of benzene rings is 1. The van der Waals surface area contributed by atoms with Crippen LogP contribution in [0.25, 0.3) is 0 Å². The van der Waals surface area contributed by atoms with Crippen LogP contribution in [0.5, 0.6) is 0 Å². The SMILES string of the molecule is Cc1cc(C)c(N(C)CC(=O)N(OC(=O)/N=C/N)C(C)(C)C)c(C)c1. The van der Waals surface area contributed by atoms with E-state index >= 15 is 0 Å². The van der Waals surface area contributed by atoms with Crippen LogP contribution in [-0.2, 0) is 9.63 Å². The lowest BCUT2D eigenvalue weighted by molar-refractivity contribution is -0.184. The van der Waals surface area contributed by atoms with E-state index in [0.717, 1.165) is 28.2 Å². The minimum Gasteiger partial charge on any atom is -0.390 e. The number of nitrogens with zero attached hydrogens (tertiary/aromatic N) is 3. The molecule has 7 heteroatoms. The Bertz CT molecular complexity index is 654. The minimum atomic E-state index is -0.934. The number of hydrogen-bond acceptors (Lipinski definition) is 4. The van der Waals surface area contributed by atoms with Gasteiger partial charge >= 0.3 is 6.09 Å². The molecule has 0 aliphatic carbocycles. The van der Waals surface area contributed by atoms with E-state index in [1.165, 1.54) is 5.56 Å². The van der Waals surface area contributed by atoms with Gasteiger partial charge in [-0.1, -0.05) is 17.7 Å². The summed E-state index contributed by atoms with van der Waals surface area (Å²) in [5, 5.41) is 1.04. The zero-order valence-corrected chi connectivity index (χ0v) is 16.1. The van der Waals surface area contributed by atoms with Crippen molar-refractivity contribution in [1.29, 1.82) is 0 Å². The van der Waals surface area contributed by atoms with E-state index in [2.05, 4.69) is 17.1 Å². The fourth-order valence-corrected chi connectivity index (χ4v) is 2.85. The van der Waals surface area contributed by atoms with E-state index in [1.807, 2.05) is 32.7 Å². The first-order valence-electron chi connectivity index (χ1n) is 8.05. The lowest BCUT2D eigenvalue weighted by Crippen LogP contribution is -2.50. The lowest BCUT2D eigenvalue weighted by Gasteiger charge is -2.34. The Morgan fingerprint density at radius 3 is 2.16 bits per heavy atom. The zero-order chi connectivity index (χ0) is 19.4. The van der Waals surface area contributed by atoms with Crippen molar-refractivity contribution in [3.05, 3.63) is 28.8 Å². The molecule has 0 saturated carbocycles. The highest BCUT2D eigenvalue weighted by Gasteiger charge is 2.31. The number of likely N-dealkylation sites (N-methyl/N-ethyl adjacent to an activating group) is 1. The molecule has 0 atom stereocenters. The smallest absolute Gasteiger partial charge is 0.390 e. The van der Waals surface area contributed by atoms with E-state index in [4.69, 9.17) is 10.6 Å². The second-order valence-corrected chi connectivity index (χ2v) is 7.10. The van der Waals surface area contributed by atoms with Crippen molar-refractivity contribution in [2.45, 2.75) is 47.1 Å². The number of amides is 2. The van der Waals surface area contributed by atoms with Crippen molar-refractivity contribution >= 4 is 24.0 Å². The average molecular weight is 348 g/mol. The Hall–Kier alpha value is -2.57. The van der Waals surface area contributed by atoms with Crippen molar-refractivity contribution in [2.75, 3.05) is 18.5 Å². The Morgan fingerprint density at radius 1 is 1.20 bits per heavy atom. The van der Waals surface area contributed by atoms with Gasteiger partial charge in [-0.15, -0.1) is 0 Å². The van der Waals surface area contributed by atoms with E-state index in [-0.39, 0.29) is 12.5 Å². The van der Waals surface area contributed by atoms with Crippen LogP contribution in [-0.4, -0.2) is 42.5 Å². The second kappa shape index (κ2) is 8.00. The number of carbonyl (C=O) groups excluding carboxylic acids is 2. The Kier molecular flexibility index (Phi) is 6.55. The number of hydroxylamine groups is 2. The van der Waals surface area contributed by atoms with Crippen molar-refractivity contribution in [3.8, 4) is 0 Å². The number of aryl methyl sites for hydroxylation is 3. The van der Waals surface area contributed by atoms with Gasteiger partial charge in [0.25, 0.3) is 5.91 Å². The third-order valence-corrected chi connectivity index (χ3v) is 3.57.